The fraction of sp³-hybridized carbons (Fsp3) is 0.240. The number of carbonyl (C=O) groups is 1. The van der Waals surface area contributed by atoms with Crippen molar-refractivity contribution in [3.63, 3.8) is 0 Å². The molecule has 1 aromatic heterocycles. The number of carbonyl (C=O) groups excluding carboxylic acids is 1. The Morgan fingerprint density at radius 3 is 2.25 bits per heavy atom. The minimum atomic E-state index is 0.0723. The third-order valence-electron chi connectivity index (χ3n) is 6.04. The first-order valence-corrected chi connectivity index (χ1v) is 11.2. The summed E-state index contributed by atoms with van der Waals surface area (Å²) in [5.74, 6) is 0.0723. The van der Waals surface area contributed by atoms with Crippen LogP contribution in [0.3, 0.4) is 0 Å². The van der Waals surface area contributed by atoms with Gasteiger partial charge < -0.3 is 4.90 Å². The second-order valence-electron chi connectivity index (χ2n) is 8.02. The van der Waals surface area contributed by atoms with Gasteiger partial charge in [-0.25, -0.2) is 4.68 Å². The number of amides is 1. The summed E-state index contributed by atoms with van der Waals surface area (Å²) in [6, 6.07) is 26.4. The van der Waals surface area contributed by atoms with Gasteiger partial charge in [-0.15, -0.1) is 5.10 Å². The van der Waals surface area contributed by atoms with Gasteiger partial charge in [0, 0.05) is 31.2 Å². The van der Waals surface area contributed by atoms with Crippen molar-refractivity contribution in [2.75, 3.05) is 26.2 Å². The highest BCUT2D eigenvalue weighted by molar-refractivity contribution is 6.30. The topological polar surface area (TPSA) is 54.3 Å². The van der Waals surface area contributed by atoms with E-state index in [-0.39, 0.29) is 18.5 Å². The number of hydrogen-bond donors (Lipinski definition) is 0. The lowest BCUT2D eigenvalue weighted by molar-refractivity contribution is -0.134. The van der Waals surface area contributed by atoms with Crippen LogP contribution in [0.15, 0.2) is 78.9 Å². The lowest BCUT2D eigenvalue weighted by atomic mass is 9.96. The van der Waals surface area contributed by atoms with Crippen LogP contribution in [0.1, 0.15) is 17.2 Å². The minimum absolute atomic E-state index is 0.0723. The van der Waals surface area contributed by atoms with Crippen LogP contribution in [-0.2, 0) is 11.3 Å². The second-order valence-corrected chi connectivity index (χ2v) is 8.45. The zero-order valence-electron chi connectivity index (χ0n) is 17.6. The van der Waals surface area contributed by atoms with Crippen LogP contribution < -0.4 is 0 Å². The van der Waals surface area contributed by atoms with E-state index >= 15 is 0 Å². The largest absolute Gasteiger partial charge is 0.339 e. The lowest BCUT2D eigenvalue weighted by Gasteiger charge is -2.39. The molecular formula is C25H24ClN5O. The highest BCUT2D eigenvalue weighted by Gasteiger charge is 2.28. The molecule has 1 aliphatic rings. The third-order valence-corrected chi connectivity index (χ3v) is 6.29. The van der Waals surface area contributed by atoms with E-state index < -0.39 is 0 Å². The first kappa shape index (κ1) is 20.7. The zero-order valence-corrected chi connectivity index (χ0v) is 18.4. The molecule has 0 N–H and O–H groups in total. The lowest BCUT2D eigenvalue weighted by Crippen LogP contribution is -2.50. The third kappa shape index (κ3) is 4.24. The summed E-state index contributed by atoms with van der Waals surface area (Å²) in [6.45, 7) is 3.17. The number of fused-ring (bicyclic) bond motifs is 1. The van der Waals surface area contributed by atoms with E-state index in [9.17, 15) is 4.79 Å². The molecule has 0 radical (unpaired) electrons. The summed E-state index contributed by atoms with van der Waals surface area (Å²) in [7, 11) is 0. The first-order valence-electron chi connectivity index (χ1n) is 10.8. The fourth-order valence-corrected chi connectivity index (χ4v) is 4.51. The molecule has 32 heavy (non-hydrogen) atoms. The minimum Gasteiger partial charge on any atom is -0.339 e. The van der Waals surface area contributed by atoms with Crippen LogP contribution in [0, 0.1) is 0 Å². The van der Waals surface area contributed by atoms with E-state index in [2.05, 4.69) is 51.6 Å². The Balaban J connectivity index is 1.29. The predicted octanol–water partition coefficient (Wildman–Crippen LogP) is 4.02. The summed E-state index contributed by atoms with van der Waals surface area (Å²) >= 11 is 6.13. The second kappa shape index (κ2) is 9.10. The highest BCUT2D eigenvalue weighted by atomic mass is 35.5. The van der Waals surface area contributed by atoms with Gasteiger partial charge in [-0.2, -0.15) is 0 Å². The first-order chi connectivity index (χ1) is 15.7. The van der Waals surface area contributed by atoms with Crippen LogP contribution in [-0.4, -0.2) is 56.9 Å². The van der Waals surface area contributed by atoms with Gasteiger partial charge in [0.15, 0.2) is 0 Å². The Labute approximate surface area is 192 Å². The van der Waals surface area contributed by atoms with Crippen molar-refractivity contribution in [2.45, 2.75) is 12.6 Å². The van der Waals surface area contributed by atoms with Crippen molar-refractivity contribution < 1.29 is 4.79 Å². The number of nitrogens with zero attached hydrogens (tertiary/aromatic N) is 5. The molecule has 4 aromatic rings. The Bertz CT molecular complexity index is 1200. The zero-order chi connectivity index (χ0) is 21.9. The average molecular weight is 446 g/mol. The van der Waals surface area contributed by atoms with E-state index in [0.717, 1.165) is 29.1 Å². The maximum Gasteiger partial charge on any atom is 0.244 e. The molecule has 0 saturated carbocycles. The highest BCUT2D eigenvalue weighted by Crippen LogP contribution is 2.30. The number of para-hydroxylation sites is 1. The van der Waals surface area contributed by atoms with Gasteiger partial charge in [-0.05, 0) is 35.4 Å². The van der Waals surface area contributed by atoms with E-state index in [4.69, 9.17) is 11.6 Å². The normalized spacial score (nSPS) is 15.7. The molecule has 1 atom stereocenters. The molecule has 5 rings (SSSR count). The molecule has 1 unspecified atom stereocenters. The van der Waals surface area contributed by atoms with Crippen LogP contribution in [0.25, 0.3) is 11.0 Å². The maximum atomic E-state index is 13.0. The number of aromatic nitrogens is 3. The Kier molecular flexibility index (Phi) is 5.88. The average Bonchev–Trinajstić information content (AvgIpc) is 3.24. The van der Waals surface area contributed by atoms with Crippen LogP contribution in [0.2, 0.25) is 5.02 Å². The molecule has 3 aromatic carbocycles. The molecule has 2 heterocycles. The fourth-order valence-electron chi connectivity index (χ4n) is 4.39. The maximum absolute atomic E-state index is 13.0. The van der Waals surface area contributed by atoms with Gasteiger partial charge in [0.05, 0.1) is 11.6 Å². The van der Waals surface area contributed by atoms with E-state index in [1.807, 2.05) is 47.4 Å². The van der Waals surface area contributed by atoms with Gasteiger partial charge in [0.25, 0.3) is 0 Å². The smallest absolute Gasteiger partial charge is 0.244 e. The molecule has 1 amide bonds. The number of rotatable bonds is 5. The number of piperazine rings is 1. The molecule has 0 bridgehead atoms. The van der Waals surface area contributed by atoms with Gasteiger partial charge in [-0.1, -0.05) is 71.4 Å². The quantitative estimate of drug-likeness (QED) is 0.465. The SMILES string of the molecule is O=C(Cn1nnc2ccccc21)N1CCN(C(c2ccccc2)c2ccc(Cl)cc2)CC1. The van der Waals surface area contributed by atoms with Crippen LogP contribution in [0.5, 0.6) is 0 Å². The Morgan fingerprint density at radius 1 is 0.844 bits per heavy atom. The van der Waals surface area contributed by atoms with Crippen LogP contribution >= 0.6 is 11.6 Å². The van der Waals surface area contributed by atoms with Gasteiger partial charge in [0.2, 0.25) is 5.91 Å². The number of halogens is 1. The molecule has 1 saturated heterocycles. The summed E-state index contributed by atoms with van der Waals surface area (Å²) in [4.78, 5) is 17.3. The molecule has 1 aliphatic heterocycles. The molecular weight excluding hydrogens is 422 g/mol. The number of benzene rings is 3. The Hall–Kier alpha value is -3.22. The van der Waals surface area contributed by atoms with Crippen molar-refractivity contribution in [1.29, 1.82) is 0 Å². The van der Waals surface area contributed by atoms with Crippen molar-refractivity contribution >= 4 is 28.5 Å². The summed E-state index contributed by atoms with van der Waals surface area (Å²) in [6.07, 6.45) is 0. The standard InChI is InChI=1S/C25H24ClN5O/c26-21-12-10-20(11-13-21)25(19-6-2-1-3-7-19)30-16-14-29(15-17-30)24(32)18-31-23-9-5-4-8-22(23)27-28-31/h1-13,25H,14-18H2. The van der Waals surface area contributed by atoms with Gasteiger partial charge in [0.1, 0.15) is 12.1 Å². The van der Waals surface area contributed by atoms with E-state index in [0.29, 0.717) is 13.1 Å². The molecule has 7 heteroatoms. The Morgan fingerprint density at radius 2 is 1.50 bits per heavy atom. The molecule has 1 fully saturated rings. The molecule has 162 valence electrons. The monoisotopic (exact) mass is 445 g/mol. The van der Waals surface area contributed by atoms with Crippen molar-refractivity contribution in [2.24, 2.45) is 0 Å². The summed E-state index contributed by atoms with van der Waals surface area (Å²) in [5, 5.41) is 9.04. The van der Waals surface area contributed by atoms with E-state index in [1.54, 1.807) is 4.68 Å². The summed E-state index contributed by atoms with van der Waals surface area (Å²) < 4.78 is 1.69. The van der Waals surface area contributed by atoms with E-state index in [1.165, 1.54) is 11.1 Å². The molecule has 0 aliphatic carbocycles. The van der Waals surface area contributed by atoms with Crippen molar-refractivity contribution in [3.8, 4) is 0 Å². The molecule has 6 nitrogen and oxygen atoms in total. The van der Waals surface area contributed by atoms with Crippen molar-refractivity contribution in [3.05, 3.63) is 95.0 Å². The van der Waals surface area contributed by atoms with Gasteiger partial charge in [-0.3, -0.25) is 9.69 Å². The molecule has 0 spiro atoms. The van der Waals surface area contributed by atoms with Crippen molar-refractivity contribution in [1.82, 2.24) is 24.8 Å². The number of hydrogen-bond acceptors (Lipinski definition) is 4. The van der Waals surface area contributed by atoms with Crippen LogP contribution in [0.4, 0.5) is 0 Å². The van der Waals surface area contributed by atoms with Gasteiger partial charge >= 0.3 is 0 Å². The summed E-state index contributed by atoms with van der Waals surface area (Å²) in [5.41, 5.74) is 4.13. The predicted molar refractivity (Wildman–Crippen MR) is 125 cm³/mol.